The Bertz CT molecular complexity index is 220. The van der Waals surface area contributed by atoms with E-state index in [2.05, 4.69) is 6.58 Å². The average Bonchev–Trinajstić information content (AvgIpc) is 2.52. The van der Waals surface area contributed by atoms with Crippen LogP contribution in [0.25, 0.3) is 0 Å². The molecule has 0 spiro atoms. The molecule has 1 unspecified atom stereocenters. The molecule has 1 fully saturated rings. The summed E-state index contributed by atoms with van der Waals surface area (Å²) >= 11 is 0. The lowest BCUT2D eigenvalue weighted by Gasteiger charge is -2.06. The van der Waals surface area contributed by atoms with Gasteiger partial charge in [-0.05, 0) is 19.3 Å². The molecule has 13 heavy (non-hydrogen) atoms. The monoisotopic (exact) mass is 182 g/mol. The maximum Gasteiger partial charge on any atom is 0.316 e. The second-order valence-corrected chi connectivity index (χ2v) is 3.16. The van der Waals surface area contributed by atoms with Crippen LogP contribution in [-0.2, 0) is 14.3 Å². The van der Waals surface area contributed by atoms with Crippen molar-refractivity contribution in [3.8, 4) is 0 Å². The van der Waals surface area contributed by atoms with E-state index in [-0.39, 0.29) is 11.8 Å². The van der Waals surface area contributed by atoms with Crippen LogP contribution in [0.5, 0.6) is 0 Å². The van der Waals surface area contributed by atoms with E-state index in [1.807, 2.05) is 0 Å². The van der Waals surface area contributed by atoms with Crippen LogP contribution in [-0.4, -0.2) is 18.4 Å². The molecule has 0 saturated heterocycles. The van der Waals surface area contributed by atoms with Crippen LogP contribution in [0.4, 0.5) is 0 Å². The van der Waals surface area contributed by atoms with Crippen LogP contribution in [0.3, 0.4) is 0 Å². The van der Waals surface area contributed by atoms with Crippen molar-refractivity contribution in [2.24, 2.45) is 5.92 Å². The van der Waals surface area contributed by atoms with Crippen LogP contribution < -0.4 is 0 Å². The van der Waals surface area contributed by atoms with Crippen molar-refractivity contribution in [2.45, 2.75) is 25.7 Å². The molecule has 0 aliphatic heterocycles. The van der Waals surface area contributed by atoms with Gasteiger partial charge in [0.25, 0.3) is 0 Å². The molecular weight excluding hydrogens is 168 g/mol. The third kappa shape index (κ3) is 2.68. The van der Waals surface area contributed by atoms with Gasteiger partial charge in [-0.3, -0.25) is 9.59 Å². The van der Waals surface area contributed by atoms with Gasteiger partial charge in [0.05, 0.1) is 6.61 Å². The Morgan fingerprint density at radius 2 is 2.46 bits per heavy atom. The van der Waals surface area contributed by atoms with Gasteiger partial charge >= 0.3 is 5.97 Å². The minimum atomic E-state index is -0.482. The number of carbonyl (C=O) groups excluding carboxylic acids is 2. The van der Waals surface area contributed by atoms with Gasteiger partial charge in [0.15, 0.2) is 0 Å². The molecular formula is C10H14O3. The topological polar surface area (TPSA) is 43.4 Å². The minimum absolute atomic E-state index is 0.0311. The molecule has 1 aliphatic rings. The van der Waals surface area contributed by atoms with E-state index < -0.39 is 5.92 Å². The fourth-order valence-corrected chi connectivity index (χ4v) is 1.41. The van der Waals surface area contributed by atoms with E-state index in [1.54, 1.807) is 6.08 Å². The third-order valence-electron chi connectivity index (χ3n) is 2.16. The maximum atomic E-state index is 11.3. The zero-order valence-corrected chi connectivity index (χ0v) is 7.62. The normalized spacial score (nSPS) is 21.5. The number of ketones is 1. The largest absolute Gasteiger partial charge is 0.465 e. The van der Waals surface area contributed by atoms with Gasteiger partial charge in [0, 0.05) is 6.42 Å². The van der Waals surface area contributed by atoms with Crippen molar-refractivity contribution in [3.05, 3.63) is 12.7 Å². The highest BCUT2D eigenvalue weighted by molar-refractivity contribution is 6.00. The molecule has 0 aromatic carbocycles. The van der Waals surface area contributed by atoms with Gasteiger partial charge in [-0.25, -0.2) is 0 Å². The van der Waals surface area contributed by atoms with Crippen molar-refractivity contribution < 1.29 is 14.3 Å². The first kappa shape index (κ1) is 9.96. The van der Waals surface area contributed by atoms with Crippen LogP contribution in [0.2, 0.25) is 0 Å². The second-order valence-electron chi connectivity index (χ2n) is 3.16. The Hall–Kier alpha value is -1.12. The lowest BCUT2D eigenvalue weighted by molar-refractivity contribution is -0.150. The molecule has 0 aromatic rings. The summed E-state index contributed by atoms with van der Waals surface area (Å²) in [5, 5.41) is 0. The lowest BCUT2D eigenvalue weighted by Crippen LogP contribution is -2.21. The highest BCUT2D eigenvalue weighted by Crippen LogP contribution is 2.22. The number of ether oxygens (including phenoxy) is 1. The summed E-state index contributed by atoms with van der Waals surface area (Å²) in [5.41, 5.74) is 0. The van der Waals surface area contributed by atoms with Crippen molar-refractivity contribution in [1.82, 2.24) is 0 Å². The van der Waals surface area contributed by atoms with Gasteiger partial charge in [0.2, 0.25) is 0 Å². The lowest BCUT2D eigenvalue weighted by atomic mass is 10.1. The van der Waals surface area contributed by atoms with Gasteiger partial charge in [-0.15, -0.1) is 6.58 Å². The molecule has 1 aliphatic carbocycles. The first-order chi connectivity index (χ1) is 6.25. The summed E-state index contributed by atoms with van der Waals surface area (Å²) in [7, 11) is 0. The van der Waals surface area contributed by atoms with Crippen molar-refractivity contribution in [3.63, 3.8) is 0 Å². The van der Waals surface area contributed by atoms with Gasteiger partial charge < -0.3 is 4.74 Å². The Kier molecular flexibility index (Phi) is 3.68. The molecule has 1 saturated carbocycles. The molecule has 1 atom stereocenters. The Labute approximate surface area is 77.8 Å². The fraction of sp³-hybridized carbons (Fsp3) is 0.600. The SMILES string of the molecule is C=CCCOC(=O)C1CCCC1=O. The van der Waals surface area contributed by atoms with Crippen LogP contribution in [0.1, 0.15) is 25.7 Å². The molecule has 0 N–H and O–H groups in total. The number of Topliss-reactive ketones (excluding diaryl/α,β-unsaturated/α-hetero) is 1. The number of rotatable bonds is 4. The molecule has 0 amide bonds. The smallest absolute Gasteiger partial charge is 0.316 e. The quantitative estimate of drug-likeness (QED) is 0.286. The first-order valence-electron chi connectivity index (χ1n) is 4.56. The van der Waals surface area contributed by atoms with Crippen molar-refractivity contribution >= 4 is 11.8 Å². The van der Waals surface area contributed by atoms with Crippen LogP contribution in [0, 0.1) is 5.92 Å². The predicted octanol–water partition coefficient (Wildman–Crippen LogP) is 1.47. The minimum Gasteiger partial charge on any atom is -0.465 e. The molecule has 0 bridgehead atoms. The Morgan fingerprint density at radius 1 is 1.69 bits per heavy atom. The molecule has 1 rings (SSSR count). The van der Waals surface area contributed by atoms with Gasteiger partial charge in [-0.2, -0.15) is 0 Å². The summed E-state index contributed by atoms with van der Waals surface area (Å²) in [6.45, 7) is 3.85. The van der Waals surface area contributed by atoms with Gasteiger partial charge in [0.1, 0.15) is 11.7 Å². The highest BCUT2D eigenvalue weighted by atomic mass is 16.5. The number of carbonyl (C=O) groups is 2. The van der Waals surface area contributed by atoms with E-state index in [9.17, 15) is 9.59 Å². The van der Waals surface area contributed by atoms with E-state index in [4.69, 9.17) is 4.74 Å². The van der Waals surface area contributed by atoms with Crippen LogP contribution in [0.15, 0.2) is 12.7 Å². The summed E-state index contributed by atoms with van der Waals surface area (Å²) in [5.74, 6) is -0.808. The maximum absolute atomic E-state index is 11.3. The molecule has 0 aromatic heterocycles. The highest BCUT2D eigenvalue weighted by Gasteiger charge is 2.31. The number of hydrogen-bond acceptors (Lipinski definition) is 3. The zero-order valence-electron chi connectivity index (χ0n) is 7.62. The van der Waals surface area contributed by atoms with E-state index in [1.165, 1.54) is 0 Å². The molecule has 0 radical (unpaired) electrons. The van der Waals surface area contributed by atoms with E-state index in [0.29, 0.717) is 25.9 Å². The third-order valence-corrected chi connectivity index (χ3v) is 2.16. The Balaban J connectivity index is 2.30. The summed E-state index contributed by atoms with van der Waals surface area (Å²) < 4.78 is 4.91. The fourth-order valence-electron chi connectivity index (χ4n) is 1.41. The second kappa shape index (κ2) is 4.80. The van der Waals surface area contributed by atoms with Gasteiger partial charge in [-0.1, -0.05) is 6.08 Å². The van der Waals surface area contributed by atoms with Crippen molar-refractivity contribution in [2.75, 3.05) is 6.61 Å². The molecule has 0 heterocycles. The van der Waals surface area contributed by atoms with E-state index in [0.717, 1.165) is 6.42 Å². The van der Waals surface area contributed by atoms with Crippen LogP contribution >= 0.6 is 0 Å². The molecule has 3 nitrogen and oxygen atoms in total. The van der Waals surface area contributed by atoms with E-state index >= 15 is 0 Å². The standard InChI is InChI=1S/C10H14O3/c1-2-3-7-13-10(12)8-5-4-6-9(8)11/h2,8H,1,3-7H2. The average molecular weight is 182 g/mol. The summed E-state index contributed by atoms with van der Waals surface area (Å²) in [6, 6.07) is 0. The number of hydrogen-bond donors (Lipinski definition) is 0. The summed E-state index contributed by atoms with van der Waals surface area (Å²) in [4.78, 5) is 22.4. The summed E-state index contributed by atoms with van der Waals surface area (Å²) in [6.07, 6.45) is 4.34. The zero-order chi connectivity index (χ0) is 9.68. The molecule has 3 heteroatoms. The first-order valence-corrected chi connectivity index (χ1v) is 4.56. The predicted molar refractivity (Wildman–Crippen MR) is 48.1 cm³/mol. The molecule has 72 valence electrons. The Morgan fingerprint density at radius 3 is 3.00 bits per heavy atom. The van der Waals surface area contributed by atoms with Crippen molar-refractivity contribution in [1.29, 1.82) is 0 Å². The number of esters is 1.